The quantitative estimate of drug-likeness (QED) is 0.807. The lowest BCUT2D eigenvalue weighted by Crippen LogP contribution is -2.25. The first-order chi connectivity index (χ1) is 7.63. The van der Waals surface area contributed by atoms with Crippen LogP contribution in [0.3, 0.4) is 0 Å². The molecule has 2 nitrogen and oxygen atoms in total. The van der Waals surface area contributed by atoms with Crippen LogP contribution in [-0.2, 0) is 0 Å². The van der Waals surface area contributed by atoms with E-state index in [1.807, 2.05) is 24.3 Å². The summed E-state index contributed by atoms with van der Waals surface area (Å²) in [6.07, 6.45) is 2.03. The lowest BCUT2D eigenvalue weighted by atomic mass is 10.2. The Hall–Kier alpha value is -0.350. The third kappa shape index (κ3) is 4.66. The molecule has 1 atom stereocenters. The maximum absolute atomic E-state index is 11.7. The molecule has 16 heavy (non-hydrogen) atoms. The minimum atomic E-state index is -0.0166. The molecule has 0 aliphatic rings. The second kappa shape index (κ2) is 7.07. The molecule has 0 spiro atoms. The van der Waals surface area contributed by atoms with Crippen molar-refractivity contribution in [2.24, 2.45) is 0 Å². The number of amides is 1. The fourth-order valence-electron chi connectivity index (χ4n) is 1.28. The van der Waals surface area contributed by atoms with Crippen LogP contribution in [0.2, 0.25) is 0 Å². The molecule has 1 amide bonds. The van der Waals surface area contributed by atoms with Gasteiger partial charge in [-0.15, -0.1) is 0 Å². The van der Waals surface area contributed by atoms with Crippen molar-refractivity contribution in [1.82, 2.24) is 5.32 Å². The van der Waals surface area contributed by atoms with Gasteiger partial charge >= 0.3 is 0 Å². The molecule has 1 aromatic rings. The van der Waals surface area contributed by atoms with E-state index in [0.717, 1.165) is 17.3 Å². The van der Waals surface area contributed by atoms with Crippen molar-refractivity contribution in [2.75, 3.05) is 6.54 Å². The van der Waals surface area contributed by atoms with Gasteiger partial charge in [0.1, 0.15) is 0 Å². The van der Waals surface area contributed by atoms with E-state index in [1.165, 1.54) is 0 Å². The first kappa shape index (κ1) is 13.7. The minimum Gasteiger partial charge on any atom is -0.352 e. The summed E-state index contributed by atoms with van der Waals surface area (Å²) in [7, 11) is 0. The number of rotatable bonds is 5. The van der Waals surface area contributed by atoms with Gasteiger partial charge in [0.15, 0.2) is 0 Å². The lowest BCUT2D eigenvalue weighted by Gasteiger charge is -2.08. The van der Waals surface area contributed by atoms with Crippen LogP contribution in [0.5, 0.6) is 0 Å². The van der Waals surface area contributed by atoms with E-state index in [2.05, 4.69) is 44.1 Å². The molecule has 0 heterocycles. The maximum Gasteiger partial charge on any atom is 0.251 e. The zero-order valence-corrected chi connectivity index (χ0v) is 12.3. The topological polar surface area (TPSA) is 29.1 Å². The summed E-state index contributed by atoms with van der Waals surface area (Å²) in [6, 6.07) is 7.40. The fourth-order valence-corrected chi connectivity index (χ4v) is 1.91. The Kier molecular flexibility index (Phi) is 6.06. The van der Waals surface area contributed by atoms with Crippen LogP contribution in [0.25, 0.3) is 0 Å². The molecule has 1 N–H and O–H groups in total. The van der Waals surface area contributed by atoms with Gasteiger partial charge in [-0.2, -0.15) is 0 Å². The number of carbonyl (C=O) groups is 1. The van der Waals surface area contributed by atoms with Gasteiger partial charge in [0.2, 0.25) is 0 Å². The standard InChI is InChI=1S/C12H15Br2NO/c1-2-10(13)6-7-15-12(16)9-4-3-5-11(14)8-9/h3-5,8,10H,2,6-7H2,1H3,(H,15,16). The molecule has 0 radical (unpaired) electrons. The highest BCUT2D eigenvalue weighted by atomic mass is 79.9. The number of hydrogen-bond donors (Lipinski definition) is 1. The molecule has 0 fully saturated rings. The molecular formula is C12H15Br2NO. The predicted octanol–water partition coefficient (Wildman–Crippen LogP) is 3.74. The third-order valence-electron chi connectivity index (χ3n) is 2.27. The van der Waals surface area contributed by atoms with E-state index in [1.54, 1.807) is 0 Å². The molecule has 88 valence electrons. The van der Waals surface area contributed by atoms with Crippen LogP contribution >= 0.6 is 31.9 Å². The molecule has 0 aromatic heterocycles. The SMILES string of the molecule is CCC(Br)CCNC(=O)c1cccc(Br)c1. The Balaban J connectivity index is 2.41. The van der Waals surface area contributed by atoms with E-state index < -0.39 is 0 Å². The second-order valence-electron chi connectivity index (χ2n) is 3.56. The Labute approximate surface area is 113 Å². The summed E-state index contributed by atoms with van der Waals surface area (Å²) in [5.74, 6) is -0.0166. The van der Waals surface area contributed by atoms with Gasteiger partial charge in [-0.05, 0) is 31.0 Å². The molecular weight excluding hydrogens is 334 g/mol. The average molecular weight is 349 g/mol. The van der Waals surface area contributed by atoms with Gasteiger partial charge in [0.05, 0.1) is 0 Å². The Morgan fingerprint density at radius 1 is 1.50 bits per heavy atom. The normalized spacial score (nSPS) is 12.2. The van der Waals surface area contributed by atoms with E-state index in [4.69, 9.17) is 0 Å². The Bertz CT molecular complexity index is 355. The summed E-state index contributed by atoms with van der Waals surface area (Å²) in [5, 5.41) is 2.90. The molecule has 1 aromatic carbocycles. The third-order valence-corrected chi connectivity index (χ3v) is 3.87. The van der Waals surface area contributed by atoms with Crippen molar-refractivity contribution < 1.29 is 4.79 Å². The summed E-state index contributed by atoms with van der Waals surface area (Å²) in [6.45, 7) is 2.82. The van der Waals surface area contributed by atoms with Gasteiger partial charge in [0.25, 0.3) is 5.91 Å². The van der Waals surface area contributed by atoms with E-state index >= 15 is 0 Å². The summed E-state index contributed by atoms with van der Waals surface area (Å²) in [4.78, 5) is 12.2. The van der Waals surface area contributed by atoms with Crippen molar-refractivity contribution in [3.8, 4) is 0 Å². The molecule has 4 heteroatoms. The lowest BCUT2D eigenvalue weighted by molar-refractivity contribution is 0.0953. The summed E-state index contributed by atoms with van der Waals surface area (Å²) < 4.78 is 0.923. The first-order valence-electron chi connectivity index (χ1n) is 5.31. The molecule has 0 bridgehead atoms. The Morgan fingerprint density at radius 3 is 2.88 bits per heavy atom. The number of alkyl halides is 1. The second-order valence-corrected chi connectivity index (χ2v) is 5.77. The predicted molar refractivity (Wildman–Crippen MR) is 74.1 cm³/mol. The van der Waals surface area contributed by atoms with E-state index in [-0.39, 0.29) is 5.91 Å². The average Bonchev–Trinajstić information content (AvgIpc) is 2.28. The zero-order valence-electron chi connectivity index (χ0n) is 9.17. The van der Waals surface area contributed by atoms with E-state index in [0.29, 0.717) is 16.9 Å². The van der Waals surface area contributed by atoms with Crippen molar-refractivity contribution in [3.63, 3.8) is 0 Å². The highest BCUT2D eigenvalue weighted by molar-refractivity contribution is 9.10. The number of carbonyl (C=O) groups excluding carboxylic acids is 1. The largest absolute Gasteiger partial charge is 0.352 e. The highest BCUT2D eigenvalue weighted by Crippen LogP contribution is 2.12. The molecule has 0 saturated heterocycles. The monoisotopic (exact) mass is 347 g/mol. The smallest absolute Gasteiger partial charge is 0.251 e. The van der Waals surface area contributed by atoms with Gasteiger partial charge in [-0.25, -0.2) is 0 Å². The fraction of sp³-hybridized carbons (Fsp3) is 0.417. The van der Waals surface area contributed by atoms with Crippen LogP contribution in [0.4, 0.5) is 0 Å². The van der Waals surface area contributed by atoms with E-state index in [9.17, 15) is 4.79 Å². The van der Waals surface area contributed by atoms with Crippen LogP contribution in [-0.4, -0.2) is 17.3 Å². The van der Waals surface area contributed by atoms with Gasteiger partial charge in [0, 0.05) is 21.4 Å². The number of hydrogen-bond acceptors (Lipinski definition) is 1. The van der Waals surface area contributed by atoms with Crippen molar-refractivity contribution in [1.29, 1.82) is 0 Å². The van der Waals surface area contributed by atoms with Crippen LogP contribution in [0.1, 0.15) is 30.1 Å². The van der Waals surface area contributed by atoms with Crippen LogP contribution < -0.4 is 5.32 Å². The number of benzene rings is 1. The molecule has 0 aliphatic heterocycles. The first-order valence-corrected chi connectivity index (χ1v) is 7.02. The molecule has 1 rings (SSSR count). The zero-order chi connectivity index (χ0) is 12.0. The van der Waals surface area contributed by atoms with Gasteiger partial charge < -0.3 is 5.32 Å². The molecule has 1 unspecified atom stereocenters. The summed E-state index contributed by atoms with van der Waals surface area (Å²) >= 11 is 6.88. The molecule has 0 aliphatic carbocycles. The van der Waals surface area contributed by atoms with Crippen molar-refractivity contribution >= 4 is 37.8 Å². The Morgan fingerprint density at radius 2 is 2.25 bits per heavy atom. The van der Waals surface area contributed by atoms with Crippen LogP contribution in [0, 0.1) is 0 Å². The maximum atomic E-state index is 11.7. The van der Waals surface area contributed by atoms with Gasteiger partial charge in [-0.3, -0.25) is 4.79 Å². The number of nitrogens with one attached hydrogen (secondary N) is 1. The minimum absolute atomic E-state index is 0.0166. The van der Waals surface area contributed by atoms with Crippen LogP contribution in [0.15, 0.2) is 28.7 Å². The highest BCUT2D eigenvalue weighted by Gasteiger charge is 2.06. The van der Waals surface area contributed by atoms with Crippen molar-refractivity contribution in [3.05, 3.63) is 34.3 Å². The van der Waals surface area contributed by atoms with Crippen molar-refractivity contribution in [2.45, 2.75) is 24.6 Å². The summed E-state index contributed by atoms with van der Waals surface area (Å²) in [5.41, 5.74) is 0.692. The van der Waals surface area contributed by atoms with Gasteiger partial charge in [-0.1, -0.05) is 44.8 Å². The molecule has 0 saturated carbocycles. The number of halogens is 2.